The zero-order valence-corrected chi connectivity index (χ0v) is 56.5. The van der Waals surface area contributed by atoms with Crippen LogP contribution in [0.5, 0.6) is 0 Å². The monoisotopic (exact) mass is 1530 g/mol. The molecule has 17 unspecified atom stereocenters. The second-order valence-corrected chi connectivity index (χ2v) is 25.8. The maximum absolute atomic E-state index is 10.1. The van der Waals surface area contributed by atoms with E-state index in [1.54, 1.807) is 20.8 Å². The first-order chi connectivity index (χ1) is 47.5. The third-order valence-electron chi connectivity index (χ3n) is 18.6. The van der Waals surface area contributed by atoms with E-state index in [0.717, 1.165) is 0 Å². The molecule has 9 rings (SSSR count). The summed E-state index contributed by atoms with van der Waals surface area (Å²) in [4.78, 5) is 0. The van der Waals surface area contributed by atoms with Crippen LogP contribution in [0.3, 0.4) is 0 Å². The van der Waals surface area contributed by atoms with Gasteiger partial charge in [0, 0.05) is 12.3 Å². The van der Waals surface area contributed by atoms with Crippen molar-refractivity contribution in [3.63, 3.8) is 0 Å². The molecule has 0 aromatic rings. The molecule has 0 bridgehead atoms. The average Bonchev–Trinajstić information content (AvgIpc) is 1.57. The number of rotatable bonds is 13. The smallest absolute Gasteiger partial charge is 0.223 e. The maximum Gasteiger partial charge on any atom is 0.223 e. The van der Waals surface area contributed by atoms with Gasteiger partial charge in [0.2, 0.25) is 5.79 Å². The summed E-state index contributed by atoms with van der Waals surface area (Å²) in [6, 6.07) is 0. The van der Waals surface area contributed by atoms with Crippen molar-refractivity contribution in [2.45, 2.75) is 312 Å². The number of ether oxygens (including phenoxy) is 10. The minimum Gasteiger partial charge on any atom is -0.394 e. The van der Waals surface area contributed by atoms with Crippen molar-refractivity contribution in [3.8, 4) is 0 Å². The number of aliphatic hydroxyl groups is 34. The Bertz CT molecular complexity index is 2220. The van der Waals surface area contributed by atoms with Gasteiger partial charge in [-0.25, -0.2) is 0 Å². The first kappa shape index (κ1) is 97.3. The van der Waals surface area contributed by atoms with Crippen molar-refractivity contribution in [2.75, 3.05) is 52.9 Å². The van der Waals surface area contributed by atoms with Crippen LogP contribution in [0.15, 0.2) is 0 Å². The number of hydrogen-bond acceptors (Lipinski definition) is 44. The standard InChI is InChI=1S/C13H24O10.C12H22O10.3C7H14O5.C7H14O4.C5H10O5.CH4/c1-4-7(16)10(19)12(6(3-15)21-4)23-13-11(20)9(18)8(17)5(2-14)22-13;1-4-6(15)10(19)12(3-14,21-4)22-11-9(18)8(17)7(16)5(2-13)20-11;1-3-5(9)7(11)6(10)4(2-8)12-3;1-2-7(11)6(10)5(9)4(8)3-12-7;1-2-3(8)5(10)7(12)6(11)4(2)9;1-2-4(8)7-6(10)5(9)3-11-7;6-1-2-3(7)4(8)5(9)10-2;/h4-20H,2-3H2,1H3;4-11,13-19H,2-3H2,1H3;3-11H,2H2,1H3;4-6,8-11H,2-3H2,1H3;2-12H,1H3;4-10H,2-3H2,1H3;2-9H,1H2;1H4/t4-,5?,6?,7+,8-,9?,10?,11-,12+,13-;4-,5?,6+,7-,8-,9?,10?,11-,12+;3-,4?,5?,6-,7+;4-,5+,6?,7-;2?,3-,4-,5-,6+,7?;;2-,3?,4+,5-;/m11110.1./s1. The Morgan fingerprint density at radius 3 is 1.17 bits per heavy atom. The van der Waals surface area contributed by atoms with E-state index in [-0.39, 0.29) is 33.7 Å². The maximum atomic E-state index is 10.1. The molecule has 8 saturated heterocycles. The quantitative estimate of drug-likeness (QED) is 0.0814. The zero-order chi connectivity index (χ0) is 78.2. The molecule has 1 aliphatic carbocycles. The minimum absolute atomic E-state index is 0. The van der Waals surface area contributed by atoms with Crippen molar-refractivity contribution in [1.82, 2.24) is 0 Å². The van der Waals surface area contributed by atoms with Crippen molar-refractivity contribution in [2.24, 2.45) is 5.92 Å². The van der Waals surface area contributed by atoms with Crippen molar-refractivity contribution >= 4 is 0 Å². The molecule has 44 nitrogen and oxygen atoms in total. The van der Waals surface area contributed by atoms with Crippen molar-refractivity contribution < 1.29 is 221 Å². The van der Waals surface area contributed by atoms with Gasteiger partial charge in [-0.15, -0.1) is 0 Å². The molecule has 103 heavy (non-hydrogen) atoms. The van der Waals surface area contributed by atoms with Crippen LogP contribution < -0.4 is 0 Å². The highest BCUT2D eigenvalue weighted by molar-refractivity contribution is 5.00. The first-order valence-corrected chi connectivity index (χ1v) is 32.8. The highest BCUT2D eigenvalue weighted by Gasteiger charge is 2.58. The van der Waals surface area contributed by atoms with Gasteiger partial charge in [0.15, 0.2) is 24.7 Å². The summed E-state index contributed by atoms with van der Waals surface area (Å²) >= 11 is 0. The van der Waals surface area contributed by atoms with Crippen LogP contribution in [0.1, 0.15) is 61.8 Å². The van der Waals surface area contributed by atoms with E-state index in [2.05, 4.69) is 4.74 Å². The van der Waals surface area contributed by atoms with Gasteiger partial charge in [-0.1, -0.05) is 28.2 Å². The fourth-order valence-electron chi connectivity index (χ4n) is 11.4. The van der Waals surface area contributed by atoms with E-state index in [0.29, 0.717) is 6.42 Å². The Balaban J connectivity index is 0.000000418. The van der Waals surface area contributed by atoms with Gasteiger partial charge >= 0.3 is 0 Å². The van der Waals surface area contributed by atoms with Crippen LogP contribution in [0.2, 0.25) is 0 Å². The fourth-order valence-corrected chi connectivity index (χ4v) is 11.4. The van der Waals surface area contributed by atoms with Gasteiger partial charge in [-0.2, -0.15) is 0 Å². The molecule has 616 valence electrons. The van der Waals surface area contributed by atoms with Gasteiger partial charge in [0.25, 0.3) is 0 Å². The predicted molar refractivity (Wildman–Crippen MR) is 332 cm³/mol. The van der Waals surface area contributed by atoms with E-state index in [4.69, 9.17) is 104 Å². The van der Waals surface area contributed by atoms with Crippen LogP contribution in [-0.2, 0) is 47.4 Å². The van der Waals surface area contributed by atoms with E-state index in [1.165, 1.54) is 20.8 Å². The van der Waals surface area contributed by atoms with E-state index in [1.807, 2.05) is 0 Å². The van der Waals surface area contributed by atoms with Crippen molar-refractivity contribution in [1.29, 1.82) is 0 Å². The van der Waals surface area contributed by atoms with E-state index >= 15 is 0 Å². The average molecular weight is 1530 g/mol. The lowest BCUT2D eigenvalue weighted by molar-refractivity contribution is -0.382. The third kappa shape index (κ3) is 23.9. The van der Waals surface area contributed by atoms with Gasteiger partial charge in [-0.05, 0) is 27.2 Å². The molecule has 9 aliphatic rings. The summed E-state index contributed by atoms with van der Waals surface area (Å²) in [7, 11) is 0. The highest BCUT2D eigenvalue weighted by atomic mass is 16.8. The molecular weight excluding hydrogens is 1410 g/mol. The first-order valence-electron chi connectivity index (χ1n) is 32.8. The topological polar surface area (TPSA) is 780 Å². The molecule has 44 heteroatoms. The summed E-state index contributed by atoms with van der Waals surface area (Å²) in [5.41, 5.74) is 0. The number of hydrogen-bond donors (Lipinski definition) is 34. The van der Waals surface area contributed by atoms with E-state index < -0.39 is 289 Å². The molecule has 34 N–H and O–H groups in total. The Labute approximate surface area is 590 Å². The Morgan fingerprint density at radius 2 is 0.777 bits per heavy atom. The minimum atomic E-state index is -2.06. The molecular formula is C59H116O44. The fraction of sp³-hybridized carbons (Fsp3) is 1.00. The van der Waals surface area contributed by atoms with Crippen LogP contribution in [0.25, 0.3) is 0 Å². The summed E-state index contributed by atoms with van der Waals surface area (Å²) in [5, 5.41) is 317. The van der Waals surface area contributed by atoms with Crippen LogP contribution in [-0.4, -0.2) is 477 Å². The Kier molecular flexibility index (Phi) is 41.3. The number of aliphatic hydroxyl groups excluding tert-OH is 33. The molecule has 8 aliphatic heterocycles. The normalized spacial score (nSPS) is 49.8. The van der Waals surface area contributed by atoms with Gasteiger partial charge < -0.3 is 221 Å². The summed E-state index contributed by atoms with van der Waals surface area (Å²) in [6.07, 6.45) is -47.4. The van der Waals surface area contributed by atoms with Crippen LogP contribution in [0.4, 0.5) is 0 Å². The molecule has 1 saturated carbocycles. The third-order valence-corrected chi connectivity index (χ3v) is 18.6. The molecule has 0 spiro atoms. The Hall–Kier alpha value is -1.76. The second-order valence-electron chi connectivity index (χ2n) is 25.8. The Morgan fingerprint density at radius 1 is 0.388 bits per heavy atom. The lowest BCUT2D eigenvalue weighted by atomic mass is 9.80. The van der Waals surface area contributed by atoms with Crippen LogP contribution in [0, 0.1) is 5.92 Å². The lowest BCUT2D eigenvalue weighted by Crippen LogP contribution is -2.64. The predicted octanol–water partition coefficient (Wildman–Crippen LogP) is -18.3. The summed E-state index contributed by atoms with van der Waals surface area (Å²) in [6.45, 7) is 5.96. The molecule has 8 heterocycles. The highest BCUT2D eigenvalue weighted by Crippen LogP contribution is 2.37. The zero-order valence-electron chi connectivity index (χ0n) is 56.5. The van der Waals surface area contributed by atoms with Gasteiger partial charge in [0.1, 0.15) is 190 Å². The molecule has 0 amide bonds. The molecule has 0 radical (unpaired) electrons. The summed E-state index contributed by atoms with van der Waals surface area (Å²) in [5.74, 6) is -4.43. The molecule has 42 atom stereocenters. The molecule has 0 aromatic carbocycles. The van der Waals surface area contributed by atoms with Gasteiger partial charge in [-0.3, -0.25) is 0 Å². The van der Waals surface area contributed by atoms with Gasteiger partial charge in [0.05, 0.1) is 82.9 Å². The molecule has 0 aromatic heterocycles. The lowest BCUT2D eigenvalue weighted by Gasteiger charge is -2.45. The van der Waals surface area contributed by atoms with E-state index in [9.17, 15) is 112 Å². The SMILES string of the molecule is C.CC1[C@H](O)[C@H](O)C(O)[C@H](O)[C@H]1O.CCC(O)C1OCC(O)C1O.CC[C@@]1(O)OC[C@@H](O)[C@H](O)C1O.C[C@H]1OC(CO)[C@@H](O)[C@@H](O)C1O.C[C@H]1OC(CO)[C@H](O[C@H]2OC(CO)[C@@H](O)C(O)[C@H]2O)C(O)[C@H]1O.C[C@H]1O[C@@](CO)(O[C@H]2OC(CO)[C@@H](O)[C@@H](O)C2O)C(O)[C@H]1O.OC[C@H]1O[C@@H](O)[C@@H](O)C1O. The van der Waals surface area contributed by atoms with Crippen molar-refractivity contribution in [3.05, 3.63) is 0 Å². The van der Waals surface area contributed by atoms with Crippen LogP contribution >= 0.6 is 0 Å². The largest absolute Gasteiger partial charge is 0.394 e. The second kappa shape index (κ2) is 43.7. The molecule has 9 fully saturated rings. The summed E-state index contributed by atoms with van der Waals surface area (Å²) < 4.78 is 50.9.